The van der Waals surface area contributed by atoms with Crippen molar-refractivity contribution in [1.82, 2.24) is 9.55 Å². The third-order valence-electron chi connectivity index (χ3n) is 10.4. The highest BCUT2D eigenvalue weighted by Gasteiger charge is 2.19. The third-order valence-corrected chi connectivity index (χ3v) is 10.4. The number of nitrogens with zero attached hydrogens (tertiary/aromatic N) is 3. The number of anilines is 3. The average molecular weight is 690 g/mol. The molecule has 0 amide bonds. The Balaban J connectivity index is 1.11. The lowest BCUT2D eigenvalue weighted by Crippen LogP contribution is -2.10. The summed E-state index contributed by atoms with van der Waals surface area (Å²) >= 11 is 0. The topological polar surface area (TPSA) is 21.1 Å². The van der Waals surface area contributed by atoms with Crippen molar-refractivity contribution in [3.05, 3.63) is 212 Å². The van der Waals surface area contributed by atoms with E-state index in [1.807, 2.05) is 0 Å². The molecule has 0 saturated carbocycles. The molecule has 0 saturated heterocycles. The Labute approximate surface area is 314 Å². The highest BCUT2D eigenvalue weighted by atomic mass is 15.1. The molecule has 0 fully saturated rings. The van der Waals surface area contributed by atoms with Crippen LogP contribution in [0.5, 0.6) is 0 Å². The molecule has 254 valence electrons. The summed E-state index contributed by atoms with van der Waals surface area (Å²) in [7, 11) is 0. The number of rotatable bonds is 7. The Kier molecular flexibility index (Phi) is 7.81. The first-order valence-electron chi connectivity index (χ1n) is 18.4. The molecule has 0 aliphatic carbocycles. The minimum absolute atomic E-state index is 0.903. The molecule has 54 heavy (non-hydrogen) atoms. The maximum Gasteiger partial charge on any atom is 0.145 e. The normalized spacial score (nSPS) is 11.3. The molecule has 1 heterocycles. The van der Waals surface area contributed by atoms with Crippen LogP contribution >= 0.6 is 0 Å². The molecule has 10 rings (SSSR count). The lowest BCUT2D eigenvalue weighted by Gasteiger charge is -2.26. The first-order chi connectivity index (χ1) is 26.8. The molecule has 9 aromatic carbocycles. The SMILES string of the molecule is c1ccc(-c2ccc(N(c3ccc(-c4ccc5ccccc5c4)cc3)c3cccc(-c4nc5c6ccccc6ccc5n4-c4ccccc4)c3)cc2)cc1. The van der Waals surface area contributed by atoms with Crippen LogP contribution < -0.4 is 4.90 Å². The van der Waals surface area contributed by atoms with Crippen molar-refractivity contribution in [3.8, 4) is 39.3 Å². The first-order valence-corrected chi connectivity index (χ1v) is 18.4. The van der Waals surface area contributed by atoms with Gasteiger partial charge in [-0.05, 0) is 99.1 Å². The number of hydrogen-bond donors (Lipinski definition) is 0. The quantitative estimate of drug-likeness (QED) is 0.166. The summed E-state index contributed by atoms with van der Waals surface area (Å²) in [6, 6.07) is 75.8. The van der Waals surface area contributed by atoms with Crippen LogP contribution in [0.25, 0.3) is 71.9 Å². The van der Waals surface area contributed by atoms with Crippen molar-refractivity contribution in [3.63, 3.8) is 0 Å². The second kappa shape index (κ2) is 13.4. The van der Waals surface area contributed by atoms with E-state index in [9.17, 15) is 0 Å². The summed E-state index contributed by atoms with van der Waals surface area (Å²) in [5.41, 5.74) is 12.2. The van der Waals surface area contributed by atoms with Crippen LogP contribution in [0.2, 0.25) is 0 Å². The molecule has 3 nitrogen and oxygen atoms in total. The van der Waals surface area contributed by atoms with E-state index < -0.39 is 0 Å². The van der Waals surface area contributed by atoms with Crippen molar-refractivity contribution < 1.29 is 0 Å². The highest BCUT2D eigenvalue weighted by molar-refractivity contribution is 6.06. The van der Waals surface area contributed by atoms with Crippen LogP contribution in [0.15, 0.2) is 212 Å². The van der Waals surface area contributed by atoms with Gasteiger partial charge in [-0.15, -0.1) is 0 Å². The molecular weight excluding hydrogens is 655 g/mol. The Hall–Kier alpha value is -7.23. The number of para-hydroxylation sites is 1. The van der Waals surface area contributed by atoms with Crippen molar-refractivity contribution in [2.75, 3.05) is 4.90 Å². The van der Waals surface area contributed by atoms with Crippen LogP contribution in [-0.4, -0.2) is 9.55 Å². The van der Waals surface area contributed by atoms with E-state index in [0.717, 1.165) is 50.6 Å². The molecule has 0 unspecified atom stereocenters. The molecule has 0 aliphatic rings. The van der Waals surface area contributed by atoms with Gasteiger partial charge in [0, 0.05) is 33.7 Å². The molecule has 0 spiro atoms. The lowest BCUT2D eigenvalue weighted by molar-refractivity contribution is 1.10. The van der Waals surface area contributed by atoms with Crippen molar-refractivity contribution in [2.24, 2.45) is 0 Å². The van der Waals surface area contributed by atoms with Gasteiger partial charge in [0.2, 0.25) is 0 Å². The fraction of sp³-hybridized carbons (Fsp3) is 0. The summed E-state index contributed by atoms with van der Waals surface area (Å²) in [6.45, 7) is 0. The summed E-state index contributed by atoms with van der Waals surface area (Å²) in [4.78, 5) is 7.73. The second-order valence-corrected chi connectivity index (χ2v) is 13.7. The maximum absolute atomic E-state index is 5.39. The van der Waals surface area contributed by atoms with Gasteiger partial charge in [0.05, 0.1) is 11.0 Å². The number of aromatic nitrogens is 2. The van der Waals surface area contributed by atoms with E-state index in [-0.39, 0.29) is 0 Å². The highest BCUT2D eigenvalue weighted by Crippen LogP contribution is 2.40. The minimum atomic E-state index is 0.903. The second-order valence-electron chi connectivity index (χ2n) is 13.7. The minimum Gasteiger partial charge on any atom is -0.310 e. The van der Waals surface area contributed by atoms with E-state index in [1.165, 1.54) is 38.4 Å². The van der Waals surface area contributed by atoms with E-state index >= 15 is 0 Å². The van der Waals surface area contributed by atoms with Crippen LogP contribution in [0.1, 0.15) is 0 Å². The van der Waals surface area contributed by atoms with Gasteiger partial charge in [0.15, 0.2) is 0 Å². The Morgan fingerprint density at radius 2 is 0.907 bits per heavy atom. The molecule has 0 atom stereocenters. The zero-order valence-electron chi connectivity index (χ0n) is 29.5. The van der Waals surface area contributed by atoms with Gasteiger partial charge in [-0.3, -0.25) is 4.57 Å². The first kappa shape index (κ1) is 31.5. The molecule has 1 aromatic heterocycles. The lowest BCUT2D eigenvalue weighted by atomic mass is 10.0. The Bertz CT molecular complexity index is 2910. The fourth-order valence-electron chi connectivity index (χ4n) is 7.68. The maximum atomic E-state index is 5.39. The van der Waals surface area contributed by atoms with Crippen LogP contribution in [0, 0.1) is 0 Å². The zero-order valence-corrected chi connectivity index (χ0v) is 29.5. The van der Waals surface area contributed by atoms with Gasteiger partial charge in [0.25, 0.3) is 0 Å². The van der Waals surface area contributed by atoms with E-state index in [4.69, 9.17) is 4.98 Å². The Morgan fingerprint density at radius 3 is 1.65 bits per heavy atom. The third kappa shape index (κ3) is 5.69. The van der Waals surface area contributed by atoms with E-state index in [0.29, 0.717) is 0 Å². The molecular formula is C51H35N3. The molecule has 0 radical (unpaired) electrons. The van der Waals surface area contributed by atoms with Gasteiger partial charge < -0.3 is 4.90 Å². The predicted molar refractivity (Wildman–Crippen MR) is 227 cm³/mol. The monoisotopic (exact) mass is 689 g/mol. The summed E-state index contributed by atoms with van der Waals surface area (Å²) in [5.74, 6) is 0.903. The average Bonchev–Trinajstić information content (AvgIpc) is 3.65. The van der Waals surface area contributed by atoms with Gasteiger partial charge in [-0.2, -0.15) is 0 Å². The van der Waals surface area contributed by atoms with Crippen LogP contribution in [0.3, 0.4) is 0 Å². The fourth-order valence-corrected chi connectivity index (χ4v) is 7.68. The molecule has 10 aromatic rings. The summed E-state index contributed by atoms with van der Waals surface area (Å²) in [5, 5.41) is 4.82. The van der Waals surface area contributed by atoms with E-state index in [1.54, 1.807) is 0 Å². The summed E-state index contributed by atoms with van der Waals surface area (Å²) < 4.78 is 2.29. The Morgan fingerprint density at radius 1 is 0.352 bits per heavy atom. The number of benzene rings is 9. The van der Waals surface area contributed by atoms with E-state index in [2.05, 4.69) is 222 Å². The van der Waals surface area contributed by atoms with Crippen molar-refractivity contribution in [2.45, 2.75) is 0 Å². The van der Waals surface area contributed by atoms with Gasteiger partial charge in [0.1, 0.15) is 5.82 Å². The predicted octanol–water partition coefficient (Wildman–Crippen LogP) is 13.8. The zero-order chi connectivity index (χ0) is 35.8. The largest absolute Gasteiger partial charge is 0.310 e. The number of hydrogen-bond acceptors (Lipinski definition) is 2. The standard InChI is InChI=1S/C51H35N3/c1-3-12-36(13-4-1)38-24-29-45(30-25-38)53(46-31-26-39(27-32-46)42-23-22-37-14-7-8-16-41(37)34-42)47-20-11-17-43(35-47)51-52-50-48-21-10-9-15-40(48)28-33-49(50)54(51)44-18-5-2-6-19-44/h1-35H. The molecule has 0 bridgehead atoms. The molecule has 0 aliphatic heterocycles. The summed E-state index contributed by atoms with van der Waals surface area (Å²) in [6.07, 6.45) is 0. The number of fused-ring (bicyclic) bond motifs is 4. The molecule has 3 heteroatoms. The van der Waals surface area contributed by atoms with Crippen LogP contribution in [0.4, 0.5) is 17.1 Å². The molecule has 0 N–H and O–H groups in total. The smallest absolute Gasteiger partial charge is 0.145 e. The van der Waals surface area contributed by atoms with Crippen molar-refractivity contribution >= 4 is 49.6 Å². The van der Waals surface area contributed by atoms with Crippen LogP contribution in [-0.2, 0) is 0 Å². The van der Waals surface area contributed by atoms with Gasteiger partial charge in [-0.1, -0.05) is 152 Å². The van der Waals surface area contributed by atoms with Gasteiger partial charge >= 0.3 is 0 Å². The van der Waals surface area contributed by atoms with Crippen molar-refractivity contribution in [1.29, 1.82) is 0 Å². The number of imidazole rings is 1. The van der Waals surface area contributed by atoms with Gasteiger partial charge in [-0.25, -0.2) is 4.98 Å².